The van der Waals surface area contributed by atoms with Gasteiger partial charge in [-0.05, 0) is 26.7 Å². The molecule has 0 radical (unpaired) electrons. The molecule has 0 saturated carbocycles. The van der Waals surface area contributed by atoms with Gasteiger partial charge in [0.2, 0.25) is 0 Å². The first kappa shape index (κ1) is 15.5. The van der Waals surface area contributed by atoms with Crippen molar-refractivity contribution in [2.24, 2.45) is 11.3 Å². The molecular weight excluding hydrogens is 244 g/mol. The van der Waals surface area contributed by atoms with Crippen LogP contribution in [0.25, 0.3) is 0 Å². The number of carboxylic acids is 1. The van der Waals surface area contributed by atoms with Crippen LogP contribution in [-0.2, 0) is 14.3 Å². The van der Waals surface area contributed by atoms with Crippen LogP contribution in [0.5, 0.6) is 0 Å². The molecule has 0 aromatic heterocycles. The number of esters is 1. The molecule has 1 aliphatic rings. The maximum Gasteiger partial charge on any atom is 0.314 e. The van der Waals surface area contributed by atoms with E-state index in [1.54, 1.807) is 25.2 Å². The van der Waals surface area contributed by atoms with Crippen LogP contribution in [0.3, 0.4) is 0 Å². The zero-order chi connectivity index (χ0) is 14.6. The van der Waals surface area contributed by atoms with E-state index in [2.05, 4.69) is 0 Å². The van der Waals surface area contributed by atoms with Crippen molar-refractivity contribution in [1.29, 1.82) is 0 Å². The monoisotopic (exact) mass is 266 g/mol. The zero-order valence-electron chi connectivity index (χ0n) is 12.0. The lowest BCUT2D eigenvalue weighted by Gasteiger charge is -2.31. The first-order valence-corrected chi connectivity index (χ1v) is 6.66. The molecule has 0 heterocycles. The van der Waals surface area contributed by atoms with Crippen LogP contribution in [-0.4, -0.2) is 23.1 Å². The van der Waals surface area contributed by atoms with E-state index in [4.69, 9.17) is 4.74 Å². The van der Waals surface area contributed by atoms with Crippen LogP contribution in [0.4, 0.5) is 0 Å². The van der Waals surface area contributed by atoms with Gasteiger partial charge >= 0.3 is 11.9 Å². The fraction of sp³-hybridized carbons (Fsp3) is 0.600. The molecule has 0 aromatic rings. The van der Waals surface area contributed by atoms with Crippen molar-refractivity contribution in [2.45, 2.75) is 46.6 Å². The Hall–Kier alpha value is -1.58. The largest absolute Gasteiger partial charge is 0.481 e. The SMILES string of the molecule is CCC(CC)OC(=O)C1C=CC(C)=CC1(C)C(=O)O. The van der Waals surface area contributed by atoms with Gasteiger partial charge in [-0.3, -0.25) is 9.59 Å². The van der Waals surface area contributed by atoms with Crippen molar-refractivity contribution >= 4 is 11.9 Å². The van der Waals surface area contributed by atoms with Crippen LogP contribution in [0.1, 0.15) is 40.5 Å². The summed E-state index contributed by atoms with van der Waals surface area (Å²) < 4.78 is 5.39. The van der Waals surface area contributed by atoms with Crippen LogP contribution < -0.4 is 0 Å². The molecule has 4 nitrogen and oxygen atoms in total. The lowest BCUT2D eigenvalue weighted by Crippen LogP contribution is -2.41. The summed E-state index contributed by atoms with van der Waals surface area (Å²) in [7, 11) is 0. The first-order valence-electron chi connectivity index (χ1n) is 6.66. The first-order chi connectivity index (χ1) is 8.85. The van der Waals surface area contributed by atoms with Crippen molar-refractivity contribution in [2.75, 3.05) is 0 Å². The lowest BCUT2D eigenvalue weighted by atomic mass is 9.73. The molecule has 4 heteroatoms. The van der Waals surface area contributed by atoms with Crippen molar-refractivity contribution in [3.8, 4) is 0 Å². The van der Waals surface area contributed by atoms with Gasteiger partial charge in [0.25, 0.3) is 0 Å². The Balaban J connectivity index is 2.95. The molecule has 1 rings (SSSR count). The molecular formula is C15H22O4. The van der Waals surface area contributed by atoms with Crippen molar-refractivity contribution < 1.29 is 19.4 Å². The number of aliphatic carboxylic acids is 1. The molecule has 1 N–H and O–H groups in total. The summed E-state index contributed by atoms with van der Waals surface area (Å²) in [6, 6.07) is 0. The Morgan fingerprint density at radius 3 is 2.47 bits per heavy atom. The highest BCUT2D eigenvalue weighted by atomic mass is 16.5. The van der Waals surface area contributed by atoms with E-state index in [0.717, 1.165) is 18.4 Å². The van der Waals surface area contributed by atoms with Gasteiger partial charge < -0.3 is 9.84 Å². The summed E-state index contributed by atoms with van der Waals surface area (Å²) in [4.78, 5) is 23.7. The van der Waals surface area contributed by atoms with Crippen LogP contribution in [0.15, 0.2) is 23.8 Å². The number of carbonyl (C=O) groups excluding carboxylic acids is 1. The van der Waals surface area contributed by atoms with Gasteiger partial charge in [-0.1, -0.05) is 37.6 Å². The third kappa shape index (κ3) is 3.25. The maximum absolute atomic E-state index is 12.2. The molecule has 0 amide bonds. The highest BCUT2D eigenvalue weighted by Gasteiger charge is 2.45. The lowest BCUT2D eigenvalue weighted by molar-refractivity contribution is -0.163. The van der Waals surface area contributed by atoms with E-state index in [9.17, 15) is 14.7 Å². The molecule has 2 unspecified atom stereocenters. The van der Waals surface area contributed by atoms with Crippen LogP contribution in [0, 0.1) is 11.3 Å². The van der Waals surface area contributed by atoms with E-state index < -0.39 is 23.3 Å². The Morgan fingerprint density at radius 2 is 2.00 bits per heavy atom. The minimum absolute atomic E-state index is 0.147. The normalized spacial score (nSPS) is 26.2. The molecule has 2 atom stereocenters. The molecule has 0 spiro atoms. The summed E-state index contributed by atoms with van der Waals surface area (Å²) in [5.41, 5.74) is -0.390. The molecule has 1 aliphatic carbocycles. The van der Waals surface area contributed by atoms with E-state index >= 15 is 0 Å². The maximum atomic E-state index is 12.2. The van der Waals surface area contributed by atoms with E-state index in [1.807, 2.05) is 20.8 Å². The minimum atomic E-state index is -1.23. The van der Waals surface area contributed by atoms with Gasteiger partial charge in [0.1, 0.15) is 11.5 Å². The van der Waals surface area contributed by atoms with Crippen LogP contribution in [0.2, 0.25) is 0 Å². The average molecular weight is 266 g/mol. The number of carbonyl (C=O) groups is 2. The molecule has 106 valence electrons. The van der Waals surface area contributed by atoms with Gasteiger partial charge in [-0.15, -0.1) is 0 Å². The Morgan fingerprint density at radius 1 is 1.42 bits per heavy atom. The molecule has 0 fully saturated rings. The van der Waals surface area contributed by atoms with Crippen molar-refractivity contribution in [1.82, 2.24) is 0 Å². The van der Waals surface area contributed by atoms with Crippen molar-refractivity contribution in [3.05, 3.63) is 23.8 Å². The van der Waals surface area contributed by atoms with Gasteiger partial charge in [0.05, 0.1) is 5.92 Å². The smallest absolute Gasteiger partial charge is 0.314 e. The van der Waals surface area contributed by atoms with E-state index in [1.165, 1.54) is 0 Å². The second-order valence-electron chi connectivity index (χ2n) is 5.19. The predicted octanol–water partition coefficient (Wildman–Crippen LogP) is 2.94. The highest BCUT2D eigenvalue weighted by Crippen LogP contribution is 2.36. The second-order valence-corrected chi connectivity index (χ2v) is 5.19. The van der Waals surface area contributed by atoms with Crippen molar-refractivity contribution in [3.63, 3.8) is 0 Å². The minimum Gasteiger partial charge on any atom is -0.481 e. The number of allylic oxidation sites excluding steroid dienone is 2. The molecule has 0 aliphatic heterocycles. The number of hydrogen-bond donors (Lipinski definition) is 1. The van der Waals surface area contributed by atoms with Crippen LogP contribution >= 0.6 is 0 Å². The third-order valence-corrected chi connectivity index (χ3v) is 3.63. The van der Waals surface area contributed by atoms with E-state index in [-0.39, 0.29) is 6.10 Å². The Labute approximate surface area is 114 Å². The summed E-state index contributed by atoms with van der Waals surface area (Å²) in [6.45, 7) is 7.26. The molecule has 0 saturated heterocycles. The van der Waals surface area contributed by atoms with E-state index in [0.29, 0.717) is 0 Å². The molecule has 19 heavy (non-hydrogen) atoms. The van der Waals surface area contributed by atoms with Gasteiger partial charge in [0.15, 0.2) is 0 Å². The van der Waals surface area contributed by atoms with Gasteiger partial charge in [-0.2, -0.15) is 0 Å². The fourth-order valence-corrected chi connectivity index (χ4v) is 2.27. The number of carboxylic acid groups (broad SMARTS) is 1. The third-order valence-electron chi connectivity index (χ3n) is 3.63. The van der Waals surface area contributed by atoms with Gasteiger partial charge in [-0.25, -0.2) is 0 Å². The Bertz CT molecular complexity index is 418. The summed E-state index contributed by atoms with van der Waals surface area (Å²) in [5, 5.41) is 9.40. The predicted molar refractivity (Wildman–Crippen MR) is 72.6 cm³/mol. The highest BCUT2D eigenvalue weighted by molar-refractivity contribution is 5.88. The summed E-state index contributed by atoms with van der Waals surface area (Å²) in [6.07, 6.45) is 6.34. The summed E-state index contributed by atoms with van der Waals surface area (Å²) >= 11 is 0. The number of ether oxygens (including phenoxy) is 1. The quantitative estimate of drug-likeness (QED) is 0.777. The fourth-order valence-electron chi connectivity index (χ4n) is 2.27. The topological polar surface area (TPSA) is 63.6 Å². The average Bonchev–Trinajstić information content (AvgIpc) is 2.35. The molecule has 0 aromatic carbocycles. The zero-order valence-corrected chi connectivity index (χ0v) is 12.0. The second kappa shape index (κ2) is 6.04. The van der Waals surface area contributed by atoms with Gasteiger partial charge in [0, 0.05) is 0 Å². The Kier molecular flexibility index (Phi) is 4.92. The summed E-state index contributed by atoms with van der Waals surface area (Å²) in [5.74, 6) is -2.24. The number of rotatable bonds is 5. The standard InChI is InChI=1S/C15H22O4/c1-5-11(6-2)19-13(16)12-8-7-10(3)9-15(12,4)14(17)18/h7-9,11-12H,5-6H2,1-4H3,(H,17,18). The molecule has 0 bridgehead atoms. The number of hydrogen-bond acceptors (Lipinski definition) is 3.